The number of ketones is 1. The van der Waals surface area contributed by atoms with Gasteiger partial charge in [-0.2, -0.15) is 17.5 Å². The highest BCUT2D eigenvalue weighted by Crippen LogP contribution is 2.34. The highest BCUT2D eigenvalue weighted by atomic mass is 32.2. The third kappa shape index (κ3) is 8.74. The monoisotopic (exact) mass is 808 g/mol. The number of halogens is 3. The smallest absolute Gasteiger partial charge is 0.306 e. The molecule has 0 spiro atoms. The van der Waals surface area contributed by atoms with Crippen LogP contribution in [0.15, 0.2) is 180 Å². The Kier molecular flexibility index (Phi) is 11.0. The lowest BCUT2D eigenvalue weighted by Crippen LogP contribution is -2.38. The number of carbonyl (C=O) groups excluding carboxylic acids is 1. The fraction of sp³-hybridized carbons (Fsp3) is 0.143. The molecule has 1 fully saturated rings. The van der Waals surface area contributed by atoms with Crippen molar-refractivity contribution in [2.75, 3.05) is 13.1 Å². The van der Waals surface area contributed by atoms with E-state index in [0.717, 1.165) is 50.6 Å². The second-order valence-electron chi connectivity index (χ2n) is 14.7. The fourth-order valence-electron chi connectivity index (χ4n) is 7.62. The predicted octanol–water partition coefficient (Wildman–Crippen LogP) is 11.0. The van der Waals surface area contributed by atoms with Gasteiger partial charge in [0.1, 0.15) is 0 Å². The average Bonchev–Trinajstić information content (AvgIpc) is 3.27. The van der Waals surface area contributed by atoms with Gasteiger partial charge in [-0.05, 0) is 87.0 Å². The molecule has 6 nitrogen and oxygen atoms in total. The van der Waals surface area contributed by atoms with Crippen molar-refractivity contribution in [1.29, 1.82) is 0 Å². The minimum atomic E-state index is -4.49. The maximum absolute atomic E-state index is 13.8. The summed E-state index contributed by atoms with van der Waals surface area (Å²) in [4.78, 5) is 25.8. The Balaban J connectivity index is 0.875. The normalized spacial score (nSPS) is 13.9. The highest BCUT2D eigenvalue weighted by molar-refractivity contribution is 7.89. The van der Waals surface area contributed by atoms with Crippen molar-refractivity contribution in [2.45, 2.75) is 36.4 Å². The van der Waals surface area contributed by atoms with Gasteiger partial charge in [-0.1, -0.05) is 140 Å². The second-order valence-corrected chi connectivity index (χ2v) is 16.7. The Hall–Kier alpha value is -6.36. The van der Waals surface area contributed by atoms with Crippen LogP contribution in [0.25, 0.3) is 44.5 Å². The number of nitrogens with zero attached hydrogens (tertiary/aromatic N) is 2. The Morgan fingerprint density at radius 2 is 1.05 bits per heavy atom. The summed E-state index contributed by atoms with van der Waals surface area (Å²) in [5.41, 5.74) is 7.76. The molecule has 7 aromatic rings. The molecule has 2 heterocycles. The summed E-state index contributed by atoms with van der Waals surface area (Å²) < 4.78 is 69.6. The molecule has 0 aliphatic carbocycles. The van der Waals surface area contributed by atoms with Crippen LogP contribution in [0.2, 0.25) is 0 Å². The molecular weight excluding hydrogens is 770 g/mol. The van der Waals surface area contributed by atoms with Gasteiger partial charge in [-0.25, -0.2) is 8.42 Å². The van der Waals surface area contributed by atoms with E-state index in [4.69, 9.17) is 0 Å². The van der Waals surface area contributed by atoms with Gasteiger partial charge in [0, 0.05) is 30.9 Å². The minimum Gasteiger partial charge on any atom is -0.306 e. The van der Waals surface area contributed by atoms with E-state index in [0.29, 0.717) is 37.1 Å². The van der Waals surface area contributed by atoms with Gasteiger partial charge in [0.2, 0.25) is 10.0 Å². The zero-order valence-corrected chi connectivity index (χ0v) is 32.7. The number of sulfonamides is 1. The van der Waals surface area contributed by atoms with Crippen molar-refractivity contribution < 1.29 is 26.4 Å². The van der Waals surface area contributed by atoms with Crippen LogP contribution in [0.4, 0.5) is 13.2 Å². The summed E-state index contributed by atoms with van der Waals surface area (Å²) in [6, 6.07) is 49.2. The molecule has 1 saturated heterocycles. The van der Waals surface area contributed by atoms with E-state index in [1.54, 1.807) is 6.07 Å². The molecule has 0 saturated carbocycles. The van der Waals surface area contributed by atoms with Gasteiger partial charge in [0.05, 0.1) is 17.0 Å². The Bertz CT molecular complexity index is 2760. The predicted molar refractivity (Wildman–Crippen MR) is 225 cm³/mol. The zero-order chi connectivity index (χ0) is 41.1. The third-order valence-corrected chi connectivity index (χ3v) is 12.9. The summed E-state index contributed by atoms with van der Waals surface area (Å²) in [7, 11) is -3.96. The van der Waals surface area contributed by atoms with Crippen LogP contribution >= 0.6 is 0 Å². The molecule has 1 aliphatic rings. The summed E-state index contributed by atoms with van der Waals surface area (Å²) >= 11 is 0. The standard InChI is InChI=1S/C49H39F3N2O4S/c50-49(51,52)45-8-4-7-44(31-45)41-21-23-43(24-22-41)47(55)33-53-32-46(25-26-48(53)56)59(57,58)54-29-27-42(28-30-54)40-19-17-39(18-20-40)38-15-13-37(14-16-38)36-11-9-35(10-12-36)34-5-2-1-3-6-34/h1-26,31-32,42H,27-30,33H2. The quantitative estimate of drug-likeness (QED) is 0.129. The van der Waals surface area contributed by atoms with Crippen molar-refractivity contribution in [3.63, 3.8) is 0 Å². The Labute approximate surface area is 340 Å². The number of carbonyl (C=O) groups is 1. The number of pyridine rings is 1. The van der Waals surface area contributed by atoms with Crippen LogP contribution in [-0.4, -0.2) is 36.2 Å². The molecule has 0 bridgehead atoms. The first-order chi connectivity index (χ1) is 28.4. The van der Waals surface area contributed by atoms with Gasteiger partial charge in [-0.3, -0.25) is 9.59 Å². The molecule has 10 heteroatoms. The van der Waals surface area contributed by atoms with Crippen molar-refractivity contribution in [3.05, 3.63) is 197 Å². The first-order valence-electron chi connectivity index (χ1n) is 19.3. The molecule has 1 aliphatic heterocycles. The first-order valence-corrected chi connectivity index (χ1v) is 20.7. The molecular formula is C49H39F3N2O4S. The molecule has 296 valence electrons. The maximum atomic E-state index is 13.8. The topological polar surface area (TPSA) is 76.5 Å². The zero-order valence-electron chi connectivity index (χ0n) is 31.8. The average molecular weight is 809 g/mol. The van der Waals surface area contributed by atoms with Gasteiger partial charge >= 0.3 is 6.18 Å². The van der Waals surface area contributed by atoms with Crippen LogP contribution in [0.3, 0.4) is 0 Å². The Morgan fingerprint density at radius 3 is 1.59 bits per heavy atom. The summed E-state index contributed by atoms with van der Waals surface area (Å²) in [5, 5.41) is 0. The largest absolute Gasteiger partial charge is 0.416 e. The molecule has 6 aromatic carbocycles. The summed E-state index contributed by atoms with van der Waals surface area (Å²) in [6.45, 7) is 0.202. The molecule has 0 atom stereocenters. The van der Waals surface area contributed by atoms with E-state index in [-0.39, 0.29) is 16.4 Å². The van der Waals surface area contributed by atoms with E-state index < -0.39 is 39.7 Å². The van der Waals surface area contributed by atoms with Crippen LogP contribution in [0.5, 0.6) is 0 Å². The van der Waals surface area contributed by atoms with Crippen LogP contribution < -0.4 is 5.56 Å². The third-order valence-electron chi connectivity index (χ3n) is 11.0. The van der Waals surface area contributed by atoms with Crippen molar-refractivity contribution >= 4 is 15.8 Å². The second kappa shape index (κ2) is 16.5. The number of hydrogen-bond acceptors (Lipinski definition) is 4. The highest BCUT2D eigenvalue weighted by Gasteiger charge is 2.31. The molecule has 59 heavy (non-hydrogen) atoms. The number of alkyl halides is 3. The fourth-order valence-corrected chi connectivity index (χ4v) is 9.11. The van der Waals surface area contributed by atoms with Crippen LogP contribution in [0, 0.1) is 0 Å². The van der Waals surface area contributed by atoms with Crippen LogP contribution in [-0.2, 0) is 22.7 Å². The van der Waals surface area contributed by atoms with Gasteiger partial charge in [0.15, 0.2) is 5.78 Å². The number of hydrogen-bond donors (Lipinski definition) is 0. The van der Waals surface area contributed by atoms with E-state index in [1.165, 1.54) is 58.0 Å². The summed E-state index contributed by atoms with van der Waals surface area (Å²) in [5.74, 6) is -0.269. The number of Topliss-reactive ketones (excluding diaryl/α,β-unsaturated/α-hetero) is 1. The lowest BCUT2D eigenvalue weighted by atomic mass is 9.89. The minimum absolute atomic E-state index is 0.0807. The number of benzene rings is 6. The first kappa shape index (κ1) is 39.5. The SMILES string of the molecule is O=C(Cn1cc(S(=O)(=O)N2CCC(c3ccc(-c4ccc(-c5ccc(-c6ccccc6)cc5)cc4)cc3)CC2)ccc1=O)c1ccc(-c2cccc(C(F)(F)F)c2)cc1. The van der Waals surface area contributed by atoms with Gasteiger partial charge < -0.3 is 4.57 Å². The summed E-state index contributed by atoms with van der Waals surface area (Å²) in [6.07, 6.45) is -2.03. The molecule has 0 unspecified atom stereocenters. The number of aromatic nitrogens is 1. The van der Waals surface area contributed by atoms with Gasteiger partial charge in [-0.15, -0.1) is 0 Å². The molecule has 0 radical (unpaired) electrons. The van der Waals surface area contributed by atoms with Crippen LogP contribution in [0.1, 0.15) is 40.2 Å². The lowest BCUT2D eigenvalue weighted by Gasteiger charge is -2.31. The van der Waals surface area contributed by atoms with E-state index in [1.807, 2.05) is 18.2 Å². The molecule has 1 aromatic heterocycles. The van der Waals surface area contributed by atoms with Crippen molar-refractivity contribution in [1.82, 2.24) is 8.87 Å². The van der Waals surface area contributed by atoms with Crippen molar-refractivity contribution in [3.8, 4) is 44.5 Å². The lowest BCUT2D eigenvalue weighted by molar-refractivity contribution is -0.137. The van der Waals surface area contributed by atoms with E-state index >= 15 is 0 Å². The number of piperidine rings is 1. The van der Waals surface area contributed by atoms with E-state index in [9.17, 15) is 31.2 Å². The maximum Gasteiger partial charge on any atom is 0.416 e. The Morgan fingerprint density at radius 1 is 0.576 bits per heavy atom. The molecule has 0 N–H and O–H groups in total. The van der Waals surface area contributed by atoms with Crippen molar-refractivity contribution in [2.24, 2.45) is 0 Å². The molecule has 0 amide bonds. The van der Waals surface area contributed by atoms with E-state index in [2.05, 4.69) is 84.9 Å². The molecule has 8 rings (SSSR count). The number of rotatable bonds is 10. The van der Waals surface area contributed by atoms with Gasteiger partial charge in [0.25, 0.3) is 5.56 Å².